The van der Waals surface area contributed by atoms with Crippen molar-refractivity contribution in [2.24, 2.45) is 0 Å². The number of nitrogens with zero attached hydrogens (tertiary/aromatic N) is 1. The van der Waals surface area contributed by atoms with Gasteiger partial charge in [0.25, 0.3) is 0 Å². The quantitative estimate of drug-likeness (QED) is 0.843. The van der Waals surface area contributed by atoms with Crippen LogP contribution >= 0.6 is 15.9 Å². The summed E-state index contributed by atoms with van der Waals surface area (Å²) < 4.78 is 1.05. The third-order valence-corrected chi connectivity index (χ3v) is 3.54. The van der Waals surface area contributed by atoms with Gasteiger partial charge in [-0.3, -0.25) is 9.78 Å². The number of amides is 1. The fourth-order valence-corrected chi connectivity index (χ4v) is 2.39. The second-order valence-corrected chi connectivity index (χ2v) is 5.65. The molecular formula is C16H18BrN3O. The van der Waals surface area contributed by atoms with Crippen molar-refractivity contribution >= 4 is 27.5 Å². The third kappa shape index (κ3) is 5.19. The van der Waals surface area contributed by atoms with E-state index in [9.17, 15) is 4.79 Å². The fourth-order valence-electron chi connectivity index (χ4n) is 1.92. The lowest BCUT2D eigenvalue weighted by Gasteiger charge is -2.10. The minimum atomic E-state index is 0.0166. The van der Waals surface area contributed by atoms with Gasteiger partial charge in [-0.25, -0.2) is 0 Å². The Bertz CT molecular complexity index is 602. The molecule has 0 spiro atoms. The summed E-state index contributed by atoms with van der Waals surface area (Å²) >= 11 is 3.43. The van der Waals surface area contributed by atoms with E-state index in [-0.39, 0.29) is 5.91 Å². The van der Waals surface area contributed by atoms with Crippen LogP contribution in [0.15, 0.2) is 47.1 Å². The number of anilines is 1. The zero-order chi connectivity index (χ0) is 15.1. The maximum atomic E-state index is 11.8. The van der Waals surface area contributed by atoms with E-state index >= 15 is 0 Å². The maximum absolute atomic E-state index is 11.8. The molecule has 0 bridgehead atoms. The second kappa shape index (κ2) is 7.78. The van der Waals surface area contributed by atoms with Gasteiger partial charge in [0.15, 0.2) is 0 Å². The van der Waals surface area contributed by atoms with E-state index in [1.54, 1.807) is 6.20 Å². The molecule has 0 unspecified atom stereocenters. The smallest absolute Gasteiger partial charge is 0.222 e. The lowest BCUT2D eigenvalue weighted by atomic mass is 10.2. The fraction of sp³-hybridized carbons (Fsp3) is 0.250. The minimum Gasteiger partial charge on any atom is -0.384 e. The summed E-state index contributed by atoms with van der Waals surface area (Å²) in [6.07, 6.45) is 2.15. The van der Waals surface area contributed by atoms with E-state index in [1.807, 2.05) is 43.3 Å². The highest BCUT2D eigenvalue weighted by Gasteiger charge is 2.03. The van der Waals surface area contributed by atoms with Gasteiger partial charge < -0.3 is 10.6 Å². The zero-order valence-electron chi connectivity index (χ0n) is 11.9. The number of aryl methyl sites for hydroxylation is 1. The Balaban J connectivity index is 1.72. The summed E-state index contributed by atoms with van der Waals surface area (Å²) in [4.78, 5) is 15.9. The Morgan fingerprint density at radius 3 is 2.86 bits per heavy atom. The van der Waals surface area contributed by atoms with Crippen LogP contribution < -0.4 is 10.6 Å². The highest BCUT2D eigenvalue weighted by Crippen LogP contribution is 2.19. The van der Waals surface area contributed by atoms with Crippen LogP contribution in [0.4, 0.5) is 5.69 Å². The van der Waals surface area contributed by atoms with E-state index in [0.29, 0.717) is 19.5 Å². The summed E-state index contributed by atoms with van der Waals surface area (Å²) in [6.45, 7) is 3.11. The van der Waals surface area contributed by atoms with E-state index in [0.717, 1.165) is 21.4 Å². The molecule has 0 fully saturated rings. The lowest BCUT2D eigenvalue weighted by molar-refractivity contribution is -0.121. The van der Waals surface area contributed by atoms with Crippen molar-refractivity contribution in [3.8, 4) is 0 Å². The van der Waals surface area contributed by atoms with E-state index < -0.39 is 0 Å². The SMILES string of the molecule is Cc1cc(Br)ccc1NCCC(=O)NCc1ccccn1. The molecular weight excluding hydrogens is 330 g/mol. The van der Waals surface area contributed by atoms with Crippen molar-refractivity contribution < 1.29 is 4.79 Å². The van der Waals surface area contributed by atoms with Crippen LogP contribution in [-0.2, 0) is 11.3 Å². The molecule has 2 N–H and O–H groups in total. The van der Waals surface area contributed by atoms with E-state index in [1.165, 1.54) is 0 Å². The maximum Gasteiger partial charge on any atom is 0.222 e. The van der Waals surface area contributed by atoms with Gasteiger partial charge >= 0.3 is 0 Å². The molecule has 1 amide bonds. The summed E-state index contributed by atoms with van der Waals surface area (Å²) in [5, 5.41) is 6.13. The minimum absolute atomic E-state index is 0.0166. The molecule has 0 atom stereocenters. The first-order valence-corrected chi connectivity index (χ1v) is 7.61. The molecule has 1 aromatic carbocycles. The molecule has 4 nitrogen and oxygen atoms in total. The Morgan fingerprint density at radius 2 is 2.14 bits per heavy atom. The number of halogens is 1. The Labute approximate surface area is 133 Å². The number of carbonyl (C=O) groups is 1. The topological polar surface area (TPSA) is 54.0 Å². The molecule has 1 aromatic heterocycles. The monoisotopic (exact) mass is 347 g/mol. The van der Waals surface area contributed by atoms with Crippen LogP contribution in [0.5, 0.6) is 0 Å². The molecule has 0 aliphatic rings. The molecule has 110 valence electrons. The molecule has 0 aliphatic carbocycles. The number of benzene rings is 1. The van der Waals surface area contributed by atoms with Crippen molar-refractivity contribution in [2.45, 2.75) is 19.9 Å². The molecule has 2 rings (SSSR count). The van der Waals surface area contributed by atoms with Gasteiger partial charge in [0, 0.05) is 29.3 Å². The van der Waals surface area contributed by atoms with Gasteiger partial charge in [-0.05, 0) is 42.8 Å². The average molecular weight is 348 g/mol. The van der Waals surface area contributed by atoms with E-state index in [2.05, 4.69) is 31.5 Å². The summed E-state index contributed by atoms with van der Waals surface area (Å²) in [6, 6.07) is 11.7. The number of nitrogens with one attached hydrogen (secondary N) is 2. The van der Waals surface area contributed by atoms with Gasteiger partial charge in [0.1, 0.15) is 0 Å². The molecule has 0 saturated carbocycles. The number of rotatable bonds is 6. The number of hydrogen-bond acceptors (Lipinski definition) is 3. The van der Waals surface area contributed by atoms with E-state index in [4.69, 9.17) is 0 Å². The van der Waals surface area contributed by atoms with Crippen LogP contribution in [0.3, 0.4) is 0 Å². The molecule has 1 heterocycles. The van der Waals surface area contributed by atoms with Gasteiger partial charge in [-0.1, -0.05) is 22.0 Å². The van der Waals surface area contributed by atoms with Crippen LogP contribution in [0, 0.1) is 6.92 Å². The first-order chi connectivity index (χ1) is 10.1. The summed E-state index contributed by atoms with van der Waals surface area (Å²) in [5.41, 5.74) is 3.07. The highest BCUT2D eigenvalue weighted by molar-refractivity contribution is 9.10. The molecule has 21 heavy (non-hydrogen) atoms. The lowest BCUT2D eigenvalue weighted by Crippen LogP contribution is -2.25. The van der Waals surface area contributed by atoms with Crippen molar-refractivity contribution in [3.05, 3.63) is 58.3 Å². The highest BCUT2D eigenvalue weighted by atomic mass is 79.9. The Kier molecular flexibility index (Phi) is 5.75. The number of pyridine rings is 1. The molecule has 5 heteroatoms. The third-order valence-electron chi connectivity index (χ3n) is 3.05. The number of aromatic nitrogens is 1. The average Bonchev–Trinajstić information content (AvgIpc) is 2.48. The standard InChI is InChI=1S/C16H18BrN3O/c1-12-10-13(17)5-6-15(12)19-9-7-16(21)20-11-14-4-2-3-8-18-14/h2-6,8,10,19H,7,9,11H2,1H3,(H,20,21). The van der Waals surface area contributed by atoms with Gasteiger partial charge in [-0.2, -0.15) is 0 Å². The molecule has 2 aromatic rings. The zero-order valence-corrected chi connectivity index (χ0v) is 13.5. The predicted molar refractivity (Wildman–Crippen MR) is 88.1 cm³/mol. The number of hydrogen-bond donors (Lipinski definition) is 2. The van der Waals surface area contributed by atoms with Gasteiger partial charge in [0.2, 0.25) is 5.91 Å². The van der Waals surface area contributed by atoms with Crippen LogP contribution in [0.2, 0.25) is 0 Å². The van der Waals surface area contributed by atoms with Crippen molar-refractivity contribution in [2.75, 3.05) is 11.9 Å². The largest absolute Gasteiger partial charge is 0.384 e. The van der Waals surface area contributed by atoms with Gasteiger partial charge in [0.05, 0.1) is 12.2 Å². The molecule has 0 aliphatic heterocycles. The van der Waals surface area contributed by atoms with Crippen molar-refractivity contribution in [1.29, 1.82) is 0 Å². The first-order valence-electron chi connectivity index (χ1n) is 6.82. The Hall–Kier alpha value is -1.88. The Morgan fingerprint density at radius 1 is 1.29 bits per heavy atom. The van der Waals surface area contributed by atoms with Crippen LogP contribution in [-0.4, -0.2) is 17.4 Å². The van der Waals surface area contributed by atoms with Crippen LogP contribution in [0.25, 0.3) is 0 Å². The van der Waals surface area contributed by atoms with Crippen molar-refractivity contribution in [3.63, 3.8) is 0 Å². The molecule has 0 saturated heterocycles. The number of carbonyl (C=O) groups excluding carboxylic acids is 1. The normalized spacial score (nSPS) is 10.2. The van der Waals surface area contributed by atoms with Crippen LogP contribution in [0.1, 0.15) is 17.7 Å². The summed E-state index contributed by atoms with van der Waals surface area (Å²) in [5.74, 6) is 0.0166. The molecule has 0 radical (unpaired) electrons. The van der Waals surface area contributed by atoms with Crippen molar-refractivity contribution in [1.82, 2.24) is 10.3 Å². The first kappa shape index (κ1) is 15.5. The predicted octanol–water partition coefficient (Wildman–Crippen LogP) is 3.27. The second-order valence-electron chi connectivity index (χ2n) is 4.73. The van der Waals surface area contributed by atoms with Gasteiger partial charge in [-0.15, -0.1) is 0 Å². The summed E-state index contributed by atoms with van der Waals surface area (Å²) in [7, 11) is 0.